The van der Waals surface area contributed by atoms with Crippen LogP contribution in [0.25, 0.3) is 5.57 Å². The van der Waals surface area contributed by atoms with Crippen LogP contribution in [-0.2, 0) is 0 Å². The van der Waals surface area contributed by atoms with Crippen LogP contribution in [0.2, 0.25) is 0 Å². The third-order valence-electron chi connectivity index (χ3n) is 2.59. The molecule has 0 atom stereocenters. The van der Waals surface area contributed by atoms with Crippen molar-refractivity contribution in [3.05, 3.63) is 53.6 Å². The molecular formula is C13H14O2. The molecular weight excluding hydrogens is 188 g/mol. The molecule has 0 fully saturated rings. The lowest BCUT2D eigenvalue weighted by molar-refractivity contribution is -0.116. The van der Waals surface area contributed by atoms with E-state index >= 15 is 0 Å². The highest BCUT2D eigenvalue weighted by atomic mass is 16.5. The molecule has 0 amide bonds. The number of benzene rings is 1. The van der Waals surface area contributed by atoms with Crippen LogP contribution in [0.1, 0.15) is 18.9 Å². The molecule has 0 spiro atoms. The van der Waals surface area contributed by atoms with Gasteiger partial charge in [0.2, 0.25) is 0 Å². The Morgan fingerprint density at radius 1 is 1.13 bits per heavy atom. The molecule has 1 aliphatic rings. The van der Waals surface area contributed by atoms with Crippen LogP contribution >= 0.6 is 0 Å². The molecule has 1 aromatic carbocycles. The average molecular weight is 202 g/mol. The number of allylic oxidation sites excluding steroid dienone is 2. The SMILES string of the molecule is CC1=C(c2ccccc2)C=CC(O)(O)C1. The quantitative estimate of drug-likeness (QED) is 0.685. The Kier molecular flexibility index (Phi) is 2.47. The Balaban J connectivity index is 2.37. The first-order chi connectivity index (χ1) is 7.08. The third kappa shape index (κ3) is 2.17. The lowest BCUT2D eigenvalue weighted by atomic mass is 9.90. The Hall–Kier alpha value is -1.38. The van der Waals surface area contributed by atoms with E-state index in [4.69, 9.17) is 0 Å². The van der Waals surface area contributed by atoms with Gasteiger partial charge in [0, 0.05) is 6.42 Å². The molecule has 0 heterocycles. The van der Waals surface area contributed by atoms with Crippen molar-refractivity contribution >= 4 is 5.57 Å². The van der Waals surface area contributed by atoms with E-state index in [1.54, 1.807) is 6.08 Å². The molecule has 2 nitrogen and oxygen atoms in total. The van der Waals surface area contributed by atoms with E-state index in [0.717, 1.165) is 16.7 Å². The molecule has 78 valence electrons. The van der Waals surface area contributed by atoms with Gasteiger partial charge in [0.15, 0.2) is 5.79 Å². The second-order valence-corrected chi connectivity index (χ2v) is 3.95. The van der Waals surface area contributed by atoms with Crippen LogP contribution in [0.3, 0.4) is 0 Å². The first kappa shape index (κ1) is 10.1. The summed E-state index contributed by atoms with van der Waals surface area (Å²) in [6, 6.07) is 9.95. The van der Waals surface area contributed by atoms with E-state index < -0.39 is 5.79 Å². The van der Waals surface area contributed by atoms with Crippen LogP contribution in [0.5, 0.6) is 0 Å². The minimum Gasteiger partial charge on any atom is -0.362 e. The van der Waals surface area contributed by atoms with Gasteiger partial charge in [-0.25, -0.2) is 0 Å². The molecule has 0 radical (unpaired) electrons. The maximum atomic E-state index is 9.44. The number of hydrogen-bond acceptors (Lipinski definition) is 2. The fourth-order valence-electron chi connectivity index (χ4n) is 1.86. The molecule has 0 unspecified atom stereocenters. The van der Waals surface area contributed by atoms with Crippen molar-refractivity contribution < 1.29 is 10.2 Å². The summed E-state index contributed by atoms with van der Waals surface area (Å²) in [5.41, 5.74) is 3.18. The molecule has 2 N–H and O–H groups in total. The van der Waals surface area contributed by atoms with E-state index in [1.165, 1.54) is 6.08 Å². The van der Waals surface area contributed by atoms with Crippen LogP contribution < -0.4 is 0 Å². The highest BCUT2D eigenvalue weighted by molar-refractivity contribution is 5.77. The van der Waals surface area contributed by atoms with Crippen molar-refractivity contribution in [3.63, 3.8) is 0 Å². The molecule has 0 saturated heterocycles. The fraction of sp³-hybridized carbons (Fsp3) is 0.231. The van der Waals surface area contributed by atoms with Gasteiger partial charge in [-0.1, -0.05) is 42.0 Å². The van der Waals surface area contributed by atoms with Crippen LogP contribution in [0.4, 0.5) is 0 Å². The van der Waals surface area contributed by atoms with Crippen molar-refractivity contribution in [1.29, 1.82) is 0 Å². The van der Waals surface area contributed by atoms with E-state index in [1.807, 2.05) is 37.3 Å². The first-order valence-corrected chi connectivity index (χ1v) is 4.98. The van der Waals surface area contributed by atoms with Gasteiger partial charge in [0.05, 0.1) is 0 Å². The number of hydrogen-bond donors (Lipinski definition) is 2. The van der Waals surface area contributed by atoms with Gasteiger partial charge in [-0.15, -0.1) is 0 Å². The molecule has 1 aliphatic carbocycles. The molecule has 0 bridgehead atoms. The molecule has 2 rings (SSSR count). The smallest absolute Gasteiger partial charge is 0.186 e. The fourth-order valence-corrected chi connectivity index (χ4v) is 1.86. The Morgan fingerprint density at radius 3 is 2.40 bits per heavy atom. The highest BCUT2D eigenvalue weighted by Gasteiger charge is 2.24. The molecule has 15 heavy (non-hydrogen) atoms. The van der Waals surface area contributed by atoms with Crippen molar-refractivity contribution in [1.82, 2.24) is 0 Å². The van der Waals surface area contributed by atoms with Gasteiger partial charge in [-0.05, 0) is 24.1 Å². The van der Waals surface area contributed by atoms with Gasteiger partial charge in [0.1, 0.15) is 0 Å². The lowest BCUT2D eigenvalue weighted by Gasteiger charge is -2.24. The van der Waals surface area contributed by atoms with E-state index in [9.17, 15) is 10.2 Å². The van der Waals surface area contributed by atoms with Gasteiger partial charge in [0.25, 0.3) is 0 Å². The van der Waals surface area contributed by atoms with Crippen molar-refractivity contribution in [2.24, 2.45) is 0 Å². The highest BCUT2D eigenvalue weighted by Crippen LogP contribution is 2.30. The summed E-state index contributed by atoms with van der Waals surface area (Å²) in [6.45, 7) is 1.92. The van der Waals surface area contributed by atoms with Crippen molar-refractivity contribution in [3.8, 4) is 0 Å². The summed E-state index contributed by atoms with van der Waals surface area (Å²) in [7, 11) is 0. The van der Waals surface area contributed by atoms with E-state index in [0.29, 0.717) is 0 Å². The van der Waals surface area contributed by atoms with Crippen LogP contribution in [-0.4, -0.2) is 16.0 Å². The summed E-state index contributed by atoms with van der Waals surface area (Å²) in [4.78, 5) is 0. The summed E-state index contributed by atoms with van der Waals surface area (Å²) in [5.74, 6) is -1.68. The molecule has 0 saturated carbocycles. The second kappa shape index (κ2) is 3.65. The molecule has 2 heteroatoms. The summed E-state index contributed by atoms with van der Waals surface area (Å²) < 4.78 is 0. The number of rotatable bonds is 1. The predicted molar refractivity (Wildman–Crippen MR) is 60.0 cm³/mol. The Bertz CT molecular complexity index is 413. The molecule has 1 aromatic rings. The van der Waals surface area contributed by atoms with Crippen LogP contribution in [0.15, 0.2) is 48.1 Å². The minimum atomic E-state index is -1.68. The summed E-state index contributed by atoms with van der Waals surface area (Å²) in [5, 5.41) is 18.9. The largest absolute Gasteiger partial charge is 0.362 e. The average Bonchev–Trinajstić information content (AvgIpc) is 2.17. The summed E-state index contributed by atoms with van der Waals surface area (Å²) in [6.07, 6.45) is 3.48. The van der Waals surface area contributed by atoms with E-state index in [2.05, 4.69) is 0 Å². The Labute approximate surface area is 89.2 Å². The van der Waals surface area contributed by atoms with Crippen LogP contribution in [0, 0.1) is 0 Å². The normalized spacial score (nSPS) is 19.4. The maximum Gasteiger partial charge on any atom is 0.186 e. The zero-order chi connectivity index (χ0) is 10.9. The second-order valence-electron chi connectivity index (χ2n) is 3.95. The minimum absolute atomic E-state index is 0.272. The first-order valence-electron chi connectivity index (χ1n) is 4.98. The monoisotopic (exact) mass is 202 g/mol. The zero-order valence-electron chi connectivity index (χ0n) is 8.64. The van der Waals surface area contributed by atoms with Gasteiger partial charge in [-0.3, -0.25) is 0 Å². The standard InChI is InChI=1S/C13H14O2/c1-10-9-13(14,15)8-7-12(10)11-5-3-2-4-6-11/h2-8,14-15H,9H2,1H3. The van der Waals surface area contributed by atoms with Gasteiger partial charge < -0.3 is 10.2 Å². The molecule has 0 aliphatic heterocycles. The topological polar surface area (TPSA) is 40.5 Å². The Morgan fingerprint density at radius 2 is 1.80 bits per heavy atom. The maximum absolute atomic E-state index is 9.44. The molecule has 0 aromatic heterocycles. The van der Waals surface area contributed by atoms with Crippen molar-refractivity contribution in [2.75, 3.05) is 0 Å². The third-order valence-corrected chi connectivity index (χ3v) is 2.59. The lowest BCUT2D eigenvalue weighted by Crippen LogP contribution is -2.27. The van der Waals surface area contributed by atoms with Crippen molar-refractivity contribution in [2.45, 2.75) is 19.1 Å². The number of aliphatic hydroxyl groups is 2. The van der Waals surface area contributed by atoms with Gasteiger partial charge >= 0.3 is 0 Å². The van der Waals surface area contributed by atoms with E-state index in [-0.39, 0.29) is 6.42 Å². The zero-order valence-corrected chi connectivity index (χ0v) is 8.64. The predicted octanol–water partition coefficient (Wildman–Crippen LogP) is 2.10. The summed E-state index contributed by atoms with van der Waals surface area (Å²) >= 11 is 0. The van der Waals surface area contributed by atoms with Gasteiger partial charge in [-0.2, -0.15) is 0 Å².